The second-order valence-electron chi connectivity index (χ2n) is 7.94. The van der Waals surface area contributed by atoms with Crippen LogP contribution < -0.4 is 0 Å². The first kappa shape index (κ1) is 20.8. The topological polar surface area (TPSA) is 51.0 Å². The predicted octanol–water partition coefficient (Wildman–Crippen LogP) is 5.44. The molecule has 5 nitrogen and oxygen atoms in total. The number of hydrogen-bond donors (Lipinski definition) is 0. The summed E-state index contributed by atoms with van der Waals surface area (Å²) in [7, 11) is 1.75. The zero-order valence-corrected chi connectivity index (χ0v) is 19.0. The van der Waals surface area contributed by atoms with Crippen molar-refractivity contribution >= 4 is 32.7 Å². The minimum absolute atomic E-state index is 0.0928. The number of nitrogens with zero attached hydrogens (tertiary/aromatic N) is 4. The number of amides is 1. The molecule has 1 aliphatic heterocycles. The summed E-state index contributed by atoms with van der Waals surface area (Å²) < 4.78 is 30.2. The van der Waals surface area contributed by atoms with Gasteiger partial charge in [-0.3, -0.25) is 14.5 Å². The normalized spacial score (nSPS) is 15.8. The van der Waals surface area contributed by atoms with Crippen LogP contribution in [0.4, 0.5) is 8.78 Å². The molecule has 1 aliphatic rings. The lowest BCUT2D eigenvalue weighted by molar-refractivity contribution is 0.0674. The van der Waals surface area contributed by atoms with E-state index in [1.165, 1.54) is 12.1 Å². The summed E-state index contributed by atoms with van der Waals surface area (Å²) in [6.07, 6.45) is 2.26. The highest BCUT2D eigenvalue weighted by molar-refractivity contribution is 9.10. The molecule has 5 rings (SSSR count). The van der Waals surface area contributed by atoms with Gasteiger partial charge in [0.2, 0.25) is 0 Å². The lowest BCUT2D eigenvalue weighted by Crippen LogP contribution is -2.38. The summed E-state index contributed by atoms with van der Waals surface area (Å²) >= 11 is 3.52. The number of rotatable bonds is 2. The van der Waals surface area contributed by atoms with Crippen LogP contribution >= 0.6 is 15.9 Å². The summed E-state index contributed by atoms with van der Waals surface area (Å²) in [6.45, 7) is 2.41. The highest BCUT2D eigenvalue weighted by atomic mass is 79.9. The summed E-state index contributed by atoms with van der Waals surface area (Å²) in [5.41, 5.74) is 4.16. The lowest BCUT2D eigenvalue weighted by Gasteiger charge is -2.33. The molecule has 32 heavy (non-hydrogen) atoms. The van der Waals surface area contributed by atoms with Crippen LogP contribution in [0.1, 0.15) is 34.6 Å². The molecule has 3 heterocycles. The Labute approximate surface area is 191 Å². The van der Waals surface area contributed by atoms with E-state index in [2.05, 4.69) is 26.0 Å². The molecule has 0 radical (unpaired) electrons. The Kier molecular flexibility index (Phi) is 5.04. The molecule has 0 bridgehead atoms. The molecule has 8 heteroatoms. The van der Waals surface area contributed by atoms with Gasteiger partial charge in [0.05, 0.1) is 22.9 Å². The molecule has 0 saturated heterocycles. The maximum Gasteiger partial charge on any atom is 0.254 e. The largest absolute Gasteiger partial charge is 0.330 e. The Morgan fingerprint density at radius 2 is 1.88 bits per heavy atom. The number of aromatic nitrogens is 3. The molecule has 2 aromatic carbocycles. The molecule has 4 aromatic rings. The number of carbonyl (C=O) groups is 1. The van der Waals surface area contributed by atoms with Crippen molar-refractivity contribution in [2.75, 3.05) is 6.54 Å². The van der Waals surface area contributed by atoms with Gasteiger partial charge in [-0.1, -0.05) is 15.9 Å². The van der Waals surface area contributed by atoms with Crippen molar-refractivity contribution in [2.24, 2.45) is 7.05 Å². The predicted molar refractivity (Wildman–Crippen MR) is 121 cm³/mol. The highest BCUT2D eigenvalue weighted by Gasteiger charge is 2.33. The minimum atomic E-state index is -0.632. The van der Waals surface area contributed by atoms with Crippen molar-refractivity contribution in [3.8, 4) is 11.3 Å². The minimum Gasteiger partial charge on any atom is -0.330 e. The quantitative estimate of drug-likeness (QED) is 0.371. The van der Waals surface area contributed by atoms with Gasteiger partial charge >= 0.3 is 0 Å². The van der Waals surface area contributed by atoms with Gasteiger partial charge in [0.25, 0.3) is 5.91 Å². The Morgan fingerprint density at radius 1 is 1.12 bits per heavy atom. The van der Waals surface area contributed by atoms with Crippen LogP contribution in [0.15, 0.2) is 53.1 Å². The number of aryl methyl sites for hydroxylation is 1. The van der Waals surface area contributed by atoms with Crippen LogP contribution in [0.2, 0.25) is 0 Å². The van der Waals surface area contributed by atoms with Crippen molar-refractivity contribution < 1.29 is 13.6 Å². The number of carbonyl (C=O) groups excluding carboxylic acids is 1. The third-order valence-corrected chi connectivity index (χ3v) is 6.67. The Hall–Kier alpha value is -3.13. The fourth-order valence-electron chi connectivity index (χ4n) is 4.48. The summed E-state index contributed by atoms with van der Waals surface area (Å²) in [6, 6.07) is 10.5. The fourth-order valence-corrected chi connectivity index (χ4v) is 4.92. The molecule has 0 aliphatic carbocycles. The van der Waals surface area contributed by atoms with E-state index in [-0.39, 0.29) is 11.9 Å². The zero-order valence-electron chi connectivity index (χ0n) is 17.4. The molecule has 1 unspecified atom stereocenters. The Balaban J connectivity index is 1.51. The van der Waals surface area contributed by atoms with E-state index in [0.717, 1.165) is 32.7 Å². The van der Waals surface area contributed by atoms with E-state index in [9.17, 15) is 13.6 Å². The first-order valence-electron chi connectivity index (χ1n) is 10.2. The van der Waals surface area contributed by atoms with Crippen LogP contribution in [0.25, 0.3) is 22.2 Å². The molecule has 0 spiro atoms. The number of benzene rings is 2. The molecule has 0 saturated carbocycles. The van der Waals surface area contributed by atoms with Gasteiger partial charge in [0.1, 0.15) is 11.6 Å². The average molecular weight is 497 g/mol. The van der Waals surface area contributed by atoms with E-state index in [0.29, 0.717) is 29.8 Å². The van der Waals surface area contributed by atoms with Crippen LogP contribution in [0.3, 0.4) is 0 Å². The van der Waals surface area contributed by atoms with Crippen LogP contribution in [-0.4, -0.2) is 32.1 Å². The van der Waals surface area contributed by atoms with Crippen molar-refractivity contribution in [3.63, 3.8) is 0 Å². The van der Waals surface area contributed by atoms with Gasteiger partial charge in [-0.15, -0.1) is 0 Å². The standard InChI is InChI=1S/C24H19BrF2N4O/c1-13-22-18(23(30(2)29-22)15-9-16(26)12-17(27)10-15)6-8-31(13)24(32)14-3-4-21-19(11-14)20(25)5-7-28-21/h3-5,7,9-13H,6,8H2,1-2H3. The number of fused-ring (bicyclic) bond motifs is 2. The average Bonchev–Trinajstić information content (AvgIpc) is 3.10. The second kappa shape index (κ2) is 7.78. The Bertz CT molecular complexity index is 1360. The third kappa shape index (κ3) is 3.39. The zero-order chi connectivity index (χ0) is 22.6. The fraction of sp³-hybridized carbons (Fsp3) is 0.208. The van der Waals surface area contributed by atoms with Crippen molar-refractivity contribution in [1.82, 2.24) is 19.7 Å². The smallest absolute Gasteiger partial charge is 0.254 e. The van der Waals surface area contributed by atoms with Gasteiger partial charge in [-0.2, -0.15) is 5.10 Å². The van der Waals surface area contributed by atoms with Crippen molar-refractivity contribution in [2.45, 2.75) is 19.4 Å². The summed E-state index contributed by atoms with van der Waals surface area (Å²) in [4.78, 5) is 19.5. The van der Waals surface area contributed by atoms with E-state index in [1.807, 2.05) is 25.1 Å². The summed E-state index contributed by atoms with van der Waals surface area (Å²) in [5, 5.41) is 5.49. The molecule has 0 fully saturated rings. The number of pyridine rings is 1. The third-order valence-electron chi connectivity index (χ3n) is 5.97. The van der Waals surface area contributed by atoms with Crippen molar-refractivity contribution in [1.29, 1.82) is 0 Å². The molecular weight excluding hydrogens is 478 g/mol. The summed E-state index contributed by atoms with van der Waals surface area (Å²) in [5.74, 6) is -1.36. The number of hydrogen-bond acceptors (Lipinski definition) is 3. The highest BCUT2D eigenvalue weighted by Crippen LogP contribution is 2.36. The molecule has 2 aromatic heterocycles. The Morgan fingerprint density at radius 3 is 2.62 bits per heavy atom. The van der Waals surface area contributed by atoms with Gasteiger partial charge in [-0.25, -0.2) is 8.78 Å². The first-order chi connectivity index (χ1) is 15.3. The van der Waals surface area contributed by atoms with Gasteiger partial charge in [0.15, 0.2) is 0 Å². The van der Waals surface area contributed by atoms with Gasteiger partial charge in [-0.05, 0) is 49.7 Å². The second-order valence-corrected chi connectivity index (χ2v) is 8.80. The van der Waals surface area contributed by atoms with E-state index in [1.54, 1.807) is 28.9 Å². The monoisotopic (exact) mass is 496 g/mol. The molecular formula is C24H19BrF2N4O. The van der Waals surface area contributed by atoms with Gasteiger partial charge in [0, 0.05) is 52.4 Å². The maximum absolute atomic E-state index is 13.8. The number of halogens is 3. The van der Waals surface area contributed by atoms with Crippen LogP contribution in [-0.2, 0) is 13.5 Å². The van der Waals surface area contributed by atoms with Crippen molar-refractivity contribution in [3.05, 3.63) is 81.6 Å². The van der Waals surface area contributed by atoms with E-state index < -0.39 is 11.6 Å². The molecule has 1 amide bonds. The van der Waals surface area contributed by atoms with Crippen LogP contribution in [0, 0.1) is 11.6 Å². The van der Waals surface area contributed by atoms with E-state index >= 15 is 0 Å². The van der Waals surface area contributed by atoms with E-state index in [4.69, 9.17) is 0 Å². The SMILES string of the molecule is CC1c2nn(C)c(-c3cc(F)cc(F)c3)c2CCN1C(=O)c1ccc2nccc(Br)c2c1. The first-order valence-corrected chi connectivity index (χ1v) is 11.0. The molecule has 162 valence electrons. The molecule has 0 N–H and O–H groups in total. The van der Waals surface area contributed by atoms with Crippen LogP contribution in [0.5, 0.6) is 0 Å². The maximum atomic E-state index is 13.8. The lowest BCUT2D eigenvalue weighted by atomic mass is 9.95. The van der Waals surface area contributed by atoms with Gasteiger partial charge < -0.3 is 4.90 Å². The molecule has 1 atom stereocenters.